The lowest BCUT2D eigenvalue weighted by Crippen LogP contribution is -2.40. The Morgan fingerprint density at radius 1 is 1.47 bits per heavy atom. The molecule has 2 rings (SSSR count). The Bertz CT molecular complexity index is 601. The second-order valence-electron chi connectivity index (χ2n) is 4.33. The van der Waals surface area contributed by atoms with E-state index in [1.165, 1.54) is 0 Å². The van der Waals surface area contributed by atoms with E-state index in [-0.39, 0.29) is 23.1 Å². The third-order valence-electron chi connectivity index (χ3n) is 3.02. The SMILES string of the molecule is CNCCC(=O)N1CCS(=O)(=O)c2cc(Br)ccc21. The van der Waals surface area contributed by atoms with Crippen molar-refractivity contribution < 1.29 is 13.2 Å². The molecule has 0 radical (unpaired) electrons. The molecule has 1 aromatic rings. The Kier molecular flexibility index (Phi) is 4.27. The van der Waals surface area contributed by atoms with Gasteiger partial charge in [-0.2, -0.15) is 0 Å². The maximum absolute atomic E-state index is 12.1. The summed E-state index contributed by atoms with van der Waals surface area (Å²) in [5, 5.41) is 2.91. The summed E-state index contributed by atoms with van der Waals surface area (Å²) in [6, 6.07) is 4.98. The molecule has 1 aromatic carbocycles. The van der Waals surface area contributed by atoms with E-state index in [1.54, 1.807) is 30.1 Å². The number of rotatable bonds is 3. The predicted octanol–water partition coefficient (Wildman–Crippen LogP) is 1.18. The first-order chi connectivity index (χ1) is 8.95. The van der Waals surface area contributed by atoms with Gasteiger partial charge in [-0.05, 0) is 25.2 Å². The van der Waals surface area contributed by atoms with E-state index in [4.69, 9.17) is 0 Å². The van der Waals surface area contributed by atoms with Gasteiger partial charge < -0.3 is 10.2 Å². The van der Waals surface area contributed by atoms with Crippen LogP contribution < -0.4 is 10.2 Å². The molecule has 5 nitrogen and oxygen atoms in total. The predicted molar refractivity (Wildman–Crippen MR) is 77.1 cm³/mol. The zero-order chi connectivity index (χ0) is 14.0. The van der Waals surface area contributed by atoms with Gasteiger partial charge in [0, 0.05) is 24.0 Å². The van der Waals surface area contributed by atoms with Crippen LogP contribution in [0.5, 0.6) is 0 Å². The first-order valence-electron chi connectivity index (χ1n) is 5.93. The first-order valence-corrected chi connectivity index (χ1v) is 8.37. The summed E-state index contributed by atoms with van der Waals surface area (Å²) >= 11 is 3.26. The molecule has 0 fully saturated rings. The van der Waals surface area contributed by atoms with Gasteiger partial charge in [0.25, 0.3) is 0 Å². The Morgan fingerprint density at radius 3 is 2.89 bits per heavy atom. The van der Waals surface area contributed by atoms with Crippen molar-refractivity contribution in [1.29, 1.82) is 0 Å². The standard InChI is InChI=1S/C12H15BrN2O3S/c1-14-5-4-12(16)15-6-7-19(17,18)11-8-9(13)2-3-10(11)15/h2-3,8,14H,4-7H2,1H3. The number of fused-ring (bicyclic) bond motifs is 1. The topological polar surface area (TPSA) is 66.5 Å². The highest BCUT2D eigenvalue weighted by Crippen LogP contribution is 2.33. The van der Waals surface area contributed by atoms with Crippen LogP contribution in [0, 0.1) is 0 Å². The highest BCUT2D eigenvalue weighted by Gasteiger charge is 2.31. The van der Waals surface area contributed by atoms with Crippen LogP contribution in [0.25, 0.3) is 0 Å². The third kappa shape index (κ3) is 2.98. The molecule has 0 atom stereocenters. The Morgan fingerprint density at radius 2 is 2.21 bits per heavy atom. The van der Waals surface area contributed by atoms with Crippen molar-refractivity contribution in [3.8, 4) is 0 Å². The normalized spacial score (nSPS) is 17.1. The third-order valence-corrected chi connectivity index (χ3v) is 5.23. The number of carbonyl (C=O) groups excluding carboxylic acids is 1. The van der Waals surface area contributed by atoms with Gasteiger partial charge in [-0.3, -0.25) is 4.79 Å². The van der Waals surface area contributed by atoms with Crippen LogP contribution in [0.15, 0.2) is 27.6 Å². The molecule has 1 aliphatic rings. The summed E-state index contributed by atoms with van der Waals surface area (Å²) in [6.45, 7) is 0.799. The molecule has 0 aromatic heterocycles. The number of halogens is 1. The van der Waals surface area contributed by atoms with E-state index in [2.05, 4.69) is 21.2 Å². The number of hydrogen-bond donors (Lipinski definition) is 1. The van der Waals surface area contributed by atoms with Crippen LogP contribution in [-0.4, -0.2) is 40.2 Å². The quantitative estimate of drug-likeness (QED) is 0.892. The fourth-order valence-corrected chi connectivity index (χ4v) is 3.99. The molecule has 7 heteroatoms. The van der Waals surface area contributed by atoms with Crippen molar-refractivity contribution in [2.24, 2.45) is 0 Å². The molecule has 1 amide bonds. The van der Waals surface area contributed by atoms with Crippen molar-refractivity contribution in [3.63, 3.8) is 0 Å². The highest BCUT2D eigenvalue weighted by atomic mass is 79.9. The number of sulfone groups is 1. The minimum atomic E-state index is -3.29. The van der Waals surface area contributed by atoms with Crippen LogP contribution in [-0.2, 0) is 14.6 Å². The molecular weight excluding hydrogens is 332 g/mol. The van der Waals surface area contributed by atoms with E-state index in [0.29, 0.717) is 23.1 Å². The van der Waals surface area contributed by atoms with E-state index in [1.807, 2.05) is 0 Å². The molecule has 0 saturated heterocycles. The highest BCUT2D eigenvalue weighted by molar-refractivity contribution is 9.10. The van der Waals surface area contributed by atoms with Gasteiger partial charge in [0.1, 0.15) is 0 Å². The van der Waals surface area contributed by atoms with Crippen molar-refractivity contribution in [1.82, 2.24) is 5.32 Å². The maximum atomic E-state index is 12.1. The van der Waals surface area contributed by atoms with E-state index in [0.717, 1.165) is 0 Å². The lowest BCUT2D eigenvalue weighted by Gasteiger charge is -2.29. The lowest BCUT2D eigenvalue weighted by atomic mass is 10.2. The molecule has 0 spiro atoms. The molecule has 0 aliphatic carbocycles. The van der Waals surface area contributed by atoms with Crippen LogP contribution in [0.3, 0.4) is 0 Å². The van der Waals surface area contributed by atoms with Gasteiger partial charge in [0.2, 0.25) is 5.91 Å². The average Bonchev–Trinajstić information content (AvgIpc) is 2.37. The van der Waals surface area contributed by atoms with Crippen molar-refractivity contribution in [3.05, 3.63) is 22.7 Å². The zero-order valence-corrected chi connectivity index (χ0v) is 12.9. The zero-order valence-electron chi connectivity index (χ0n) is 10.5. The summed E-state index contributed by atoms with van der Waals surface area (Å²) in [6.07, 6.45) is 0.353. The van der Waals surface area contributed by atoms with Gasteiger partial charge in [-0.1, -0.05) is 15.9 Å². The molecule has 0 saturated carbocycles. The number of benzene rings is 1. The fraction of sp³-hybridized carbons (Fsp3) is 0.417. The molecular formula is C12H15BrN2O3S. The van der Waals surface area contributed by atoms with Crippen LogP contribution in [0.1, 0.15) is 6.42 Å². The van der Waals surface area contributed by atoms with E-state index in [9.17, 15) is 13.2 Å². The van der Waals surface area contributed by atoms with Crippen LogP contribution in [0.2, 0.25) is 0 Å². The summed E-state index contributed by atoms with van der Waals surface area (Å²) in [4.78, 5) is 13.9. The minimum Gasteiger partial charge on any atom is -0.319 e. The Labute approximate surface area is 121 Å². The molecule has 1 N–H and O–H groups in total. The number of nitrogens with zero attached hydrogens (tertiary/aromatic N) is 1. The molecule has 104 valence electrons. The van der Waals surface area contributed by atoms with Crippen molar-refractivity contribution >= 4 is 37.4 Å². The smallest absolute Gasteiger partial charge is 0.228 e. The second kappa shape index (κ2) is 5.60. The van der Waals surface area contributed by atoms with Gasteiger partial charge in [-0.25, -0.2) is 8.42 Å². The molecule has 1 heterocycles. The van der Waals surface area contributed by atoms with Gasteiger partial charge >= 0.3 is 0 Å². The summed E-state index contributed by atoms with van der Waals surface area (Å²) in [5.41, 5.74) is 0.482. The maximum Gasteiger partial charge on any atom is 0.228 e. The summed E-state index contributed by atoms with van der Waals surface area (Å²) < 4.78 is 24.8. The number of nitrogens with one attached hydrogen (secondary N) is 1. The van der Waals surface area contributed by atoms with Crippen LogP contribution >= 0.6 is 15.9 Å². The number of carbonyl (C=O) groups is 1. The van der Waals surface area contributed by atoms with Crippen molar-refractivity contribution in [2.45, 2.75) is 11.3 Å². The largest absolute Gasteiger partial charge is 0.319 e. The van der Waals surface area contributed by atoms with Crippen molar-refractivity contribution in [2.75, 3.05) is 30.8 Å². The van der Waals surface area contributed by atoms with E-state index >= 15 is 0 Å². The fourth-order valence-electron chi connectivity index (χ4n) is 2.03. The average molecular weight is 347 g/mol. The summed E-state index contributed by atoms with van der Waals surface area (Å²) in [5.74, 6) is -0.0882. The number of amides is 1. The molecule has 1 aliphatic heterocycles. The molecule has 19 heavy (non-hydrogen) atoms. The van der Waals surface area contributed by atoms with Crippen LogP contribution in [0.4, 0.5) is 5.69 Å². The molecule has 0 bridgehead atoms. The monoisotopic (exact) mass is 346 g/mol. The van der Waals surface area contributed by atoms with Gasteiger partial charge in [0.05, 0.1) is 16.3 Å². The van der Waals surface area contributed by atoms with Gasteiger partial charge in [-0.15, -0.1) is 0 Å². The molecule has 0 unspecified atom stereocenters. The number of anilines is 1. The lowest BCUT2D eigenvalue weighted by molar-refractivity contribution is -0.118. The minimum absolute atomic E-state index is 0.0260. The summed E-state index contributed by atoms with van der Waals surface area (Å²) in [7, 11) is -1.51. The van der Waals surface area contributed by atoms with E-state index < -0.39 is 9.84 Å². The number of hydrogen-bond acceptors (Lipinski definition) is 4. The Balaban J connectivity index is 2.39. The second-order valence-corrected chi connectivity index (χ2v) is 7.32. The first kappa shape index (κ1) is 14.5. The Hall–Kier alpha value is -0.920. The van der Waals surface area contributed by atoms with Gasteiger partial charge in [0.15, 0.2) is 9.84 Å².